The molecule has 0 radical (unpaired) electrons. The number of rotatable bonds is 5. The van der Waals surface area contributed by atoms with E-state index in [0.717, 1.165) is 16.8 Å². The molecule has 0 saturated heterocycles. The van der Waals surface area contributed by atoms with E-state index >= 15 is 0 Å². The maximum absolute atomic E-state index is 12.2. The minimum absolute atomic E-state index is 0.276. The van der Waals surface area contributed by atoms with Crippen molar-refractivity contribution in [2.75, 3.05) is 16.4 Å². The van der Waals surface area contributed by atoms with E-state index in [-0.39, 0.29) is 11.4 Å². The third-order valence-corrected chi connectivity index (χ3v) is 3.87. The van der Waals surface area contributed by atoms with E-state index in [0.29, 0.717) is 17.3 Å². The first-order valence-electron chi connectivity index (χ1n) is 8.29. The Morgan fingerprint density at radius 3 is 2.18 bits per heavy atom. The van der Waals surface area contributed by atoms with Gasteiger partial charge in [0, 0.05) is 11.4 Å². The summed E-state index contributed by atoms with van der Waals surface area (Å²) in [4.78, 5) is 8.26. The van der Waals surface area contributed by atoms with Crippen LogP contribution in [0.3, 0.4) is 0 Å². The predicted octanol–water partition coefficient (Wildman–Crippen LogP) is 5.06. The van der Waals surface area contributed by atoms with Gasteiger partial charge in [-0.25, -0.2) is 9.97 Å². The Balaban J connectivity index is 1.77. The van der Waals surface area contributed by atoms with Crippen molar-refractivity contribution in [1.82, 2.24) is 9.97 Å². The Bertz CT molecular complexity index is 974. The number of nitrogens with zero attached hydrogens (tertiary/aromatic N) is 2. The van der Waals surface area contributed by atoms with Crippen LogP contribution in [0.25, 0.3) is 0 Å². The molecule has 0 aliphatic rings. The van der Waals surface area contributed by atoms with Crippen LogP contribution >= 0.6 is 0 Å². The summed E-state index contributed by atoms with van der Waals surface area (Å²) in [5, 5.41) is 6.13. The van der Waals surface area contributed by atoms with Gasteiger partial charge in [0.1, 0.15) is 17.8 Å². The summed E-state index contributed by atoms with van der Waals surface area (Å²) < 4.78 is 40.6. The SMILES string of the molecule is Cc1ccc(Nc2ncnc(Nc3ccc(OC(F)(F)F)cc3)c2N)c(C)c1. The fraction of sp³-hybridized carbons (Fsp3) is 0.158. The molecule has 3 rings (SSSR count). The number of benzene rings is 2. The molecule has 1 aromatic heterocycles. The van der Waals surface area contributed by atoms with Gasteiger partial charge in [-0.05, 0) is 49.7 Å². The minimum Gasteiger partial charge on any atom is -0.406 e. The lowest BCUT2D eigenvalue weighted by Gasteiger charge is -2.14. The Morgan fingerprint density at radius 1 is 0.929 bits per heavy atom. The Hall–Kier alpha value is -3.49. The first kappa shape index (κ1) is 19.3. The molecule has 0 aliphatic carbocycles. The fourth-order valence-corrected chi connectivity index (χ4v) is 2.55. The number of nitrogens with one attached hydrogen (secondary N) is 2. The highest BCUT2D eigenvalue weighted by Gasteiger charge is 2.30. The first-order valence-corrected chi connectivity index (χ1v) is 8.29. The molecule has 0 amide bonds. The molecule has 2 aromatic carbocycles. The third kappa shape index (κ3) is 4.81. The number of hydrogen-bond acceptors (Lipinski definition) is 6. The van der Waals surface area contributed by atoms with Crippen LogP contribution in [-0.4, -0.2) is 16.3 Å². The molecule has 4 N–H and O–H groups in total. The Labute approximate surface area is 159 Å². The molecule has 0 saturated carbocycles. The van der Waals surface area contributed by atoms with Gasteiger partial charge in [0.25, 0.3) is 0 Å². The summed E-state index contributed by atoms with van der Waals surface area (Å²) in [6.07, 6.45) is -3.40. The zero-order valence-electron chi connectivity index (χ0n) is 15.1. The molecular weight excluding hydrogens is 371 g/mol. The highest BCUT2D eigenvalue weighted by atomic mass is 19.4. The van der Waals surface area contributed by atoms with Gasteiger partial charge in [0.2, 0.25) is 0 Å². The number of halogens is 3. The summed E-state index contributed by atoms with van der Waals surface area (Å²) in [5.74, 6) is 0.430. The van der Waals surface area contributed by atoms with Crippen molar-refractivity contribution < 1.29 is 17.9 Å². The van der Waals surface area contributed by atoms with Crippen LogP contribution in [0.2, 0.25) is 0 Å². The van der Waals surface area contributed by atoms with Gasteiger partial charge >= 0.3 is 6.36 Å². The maximum atomic E-state index is 12.2. The van der Waals surface area contributed by atoms with Crippen LogP contribution < -0.4 is 21.1 Å². The summed E-state index contributed by atoms with van der Waals surface area (Å²) in [6.45, 7) is 3.97. The van der Waals surface area contributed by atoms with Gasteiger partial charge in [-0.3, -0.25) is 0 Å². The van der Waals surface area contributed by atoms with Crippen LogP contribution in [0.5, 0.6) is 5.75 Å². The van der Waals surface area contributed by atoms with Crippen molar-refractivity contribution in [2.24, 2.45) is 0 Å². The molecule has 0 unspecified atom stereocenters. The highest BCUT2D eigenvalue weighted by Crippen LogP contribution is 2.30. The molecule has 28 heavy (non-hydrogen) atoms. The number of alkyl halides is 3. The van der Waals surface area contributed by atoms with Crippen LogP contribution in [-0.2, 0) is 0 Å². The topological polar surface area (TPSA) is 85.1 Å². The molecule has 0 aliphatic heterocycles. The molecule has 9 heteroatoms. The molecule has 3 aromatic rings. The number of aryl methyl sites for hydroxylation is 2. The second kappa shape index (κ2) is 7.63. The minimum atomic E-state index is -4.74. The van der Waals surface area contributed by atoms with Gasteiger partial charge < -0.3 is 21.1 Å². The van der Waals surface area contributed by atoms with Crippen molar-refractivity contribution in [1.29, 1.82) is 0 Å². The molecular formula is C19H18F3N5O. The smallest absolute Gasteiger partial charge is 0.406 e. The fourth-order valence-electron chi connectivity index (χ4n) is 2.55. The number of aromatic nitrogens is 2. The second-order valence-electron chi connectivity index (χ2n) is 6.13. The maximum Gasteiger partial charge on any atom is 0.573 e. The molecule has 0 spiro atoms. The van der Waals surface area contributed by atoms with Gasteiger partial charge in [0.15, 0.2) is 11.6 Å². The Morgan fingerprint density at radius 2 is 1.57 bits per heavy atom. The number of anilines is 5. The van der Waals surface area contributed by atoms with Crippen LogP contribution in [0.1, 0.15) is 11.1 Å². The predicted molar refractivity (Wildman–Crippen MR) is 102 cm³/mol. The summed E-state index contributed by atoms with van der Waals surface area (Å²) >= 11 is 0. The normalized spacial score (nSPS) is 11.2. The van der Waals surface area contributed by atoms with Crippen LogP contribution in [0.4, 0.5) is 41.9 Å². The monoisotopic (exact) mass is 389 g/mol. The van der Waals surface area contributed by atoms with Crippen LogP contribution in [0, 0.1) is 13.8 Å². The zero-order valence-corrected chi connectivity index (χ0v) is 15.1. The summed E-state index contributed by atoms with van der Waals surface area (Å²) in [7, 11) is 0. The first-order chi connectivity index (χ1) is 13.2. The van der Waals surface area contributed by atoms with E-state index in [1.54, 1.807) is 0 Å². The average molecular weight is 389 g/mol. The van der Waals surface area contributed by atoms with E-state index in [1.807, 2.05) is 32.0 Å². The molecule has 1 heterocycles. The lowest BCUT2D eigenvalue weighted by atomic mass is 10.1. The number of ether oxygens (including phenoxy) is 1. The van der Waals surface area contributed by atoms with E-state index < -0.39 is 6.36 Å². The van der Waals surface area contributed by atoms with Gasteiger partial charge in [-0.2, -0.15) is 0 Å². The summed E-state index contributed by atoms with van der Waals surface area (Å²) in [6, 6.07) is 11.2. The lowest BCUT2D eigenvalue weighted by Crippen LogP contribution is -2.17. The molecule has 0 fully saturated rings. The van der Waals surface area contributed by atoms with Gasteiger partial charge in [-0.1, -0.05) is 17.7 Å². The Kier molecular flexibility index (Phi) is 5.25. The average Bonchev–Trinajstić information content (AvgIpc) is 2.61. The van der Waals surface area contributed by atoms with Gasteiger partial charge in [-0.15, -0.1) is 13.2 Å². The zero-order chi connectivity index (χ0) is 20.3. The highest BCUT2D eigenvalue weighted by molar-refractivity contribution is 5.80. The van der Waals surface area contributed by atoms with E-state index in [9.17, 15) is 13.2 Å². The lowest BCUT2D eigenvalue weighted by molar-refractivity contribution is -0.274. The summed E-state index contributed by atoms with van der Waals surface area (Å²) in [5.41, 5.74) is 9.95. The van der Waals surface area contributed by atoms with Crippen molar-refractivity contribution in [3.8, 4) is 5.75 Å². The molecule has 6 nitrogen and oxygen atoms in total. The number of nitrogen functional groups attached to an aromatic ring is 1. The molecule has 0 bridgehead atoms. The van der Waals surface area contributed by atoms with E-state index in [2.05, 4.69) is 25.3 Å². The van der Waals surface area contributed by atoms with Gasteiger partial charge in [0.05, 0.1) is 0 Å². The van der Waals surface area contributed by atoms with Crippen molar-refractivity contribution in [3.63, 3.8) is 0 Å². The number of hydrogen-bond donors (Lipinski definition) is 3. The standard InChI is InChI=1S/C19H18F3N5O/c1-11-3-8-15(12(2)9-11)27-18-16(23)17(24-10-25-18)26-13-4-6-14(7-5-13)28-19(20,21)22/h3-10H,23H2,1-2H3,(H2,24,25,26,27). The van der Waals surface area contributed by atoms with E-state index in [4.69, 9.17) is 5.73 Å². The van der Waals surface area contributed by atoms with Crippen molar-refractivity contribution in [2.45, 2.75) is 20.2 Å². The molecule has 146 valence electrons. The van der Waals surface area contributed by atoms with Crippen LogP contribution in [0.15, 0.2) is 48.8 Å². The largest absolute Gasteiger partial charge is 0.573 e. The van der Waals surface area contributed by atoms with E-state index in [1.165, 1.54) is 30.6 Å². The number of nitrogens with two attached hydrogens (primary N) is 1. The second-order valence-corrected chi connectivity index (χ2v) is 6.13. The van der Waals surface area contributed by atoms with Crippen molar-refractivity contribution in [3.05, 3.63) is 59.9 Å². The quantitative estimate of drug-likeness (QED) is 0.565. The van der Waals surface area contributed by atoms with Crippen molar-refractivity contribution >= 4 is 28.7 Å². The third-order valence-electron chi connectivity index (χ3n) is 3.87. The molecule has 0 atom stereocenters.